The molecule has 0 radical (unpaired) electrons. The monoisotopic (exact) mass is 150 g/mol. The summed E-state index contributed by atoms with van der Waals surface area (Å²) in [6, 6.07) is 0. The highest BCUT2D eigenvalue weighted by molar-refractivity contribution is 5.19. The van der Waals surface area contributed by atoms with Gasteiger partial charge in [0, 0.05) is 0 Å². The Hall–Kier alpha value is -0.260. The highest BCUT2D eigenvalue weighted by atomic mass is 14.4. The average Bonchev–Trinajstić information content (AvgIpc) is 2.27. The van der Waals surface area contributed by atoms with E-state index in [-0.39, 0.29) is 0 Å². The molecule has 0 spiro atoms. The maximum atomic E-state index is 2.57. The Morgan fingerprint density at radius 1 is 1.55 bits per heavy atom. The van der Waals surface area contributed by atoms with Gasteiger partial charge in [0.2, 0.25) is 0 Å². The summed E-state index contributed by atoms with van der Waals surface area (Å²) in [7, 11) is 0. The lowest BCUT2D eigenvalue weighted by atomic mass is 9.76. The van der Waals surface area contributed by atoms with E-state index in [4.69, 9.17) is 0 Å². The molecule has 0 saturated heterocycles. The Bertz CT molecular complexity index is 178. The SMILES string of the molecule is CCC(C)C1=C[C@@H]2CC[C@H]2C1. The van der Waals surface area contributed by atoms with E-state index < -0.39 is 0 Å². The highest BCUT2D eigenvalue weighted by Gasteiger charge is 2.35. The molecular formula is C11H18. The van der Waals surface area contributed by atoms with Crippen LogP contribution in [0.25, 0.3) is 0 Å². The second kappa shape index (κ2) is 2.66. The van der Waals surface area contributed by atoms with Crippen LogP contribution >= 0.6 is 0 Å². The number of hydrogen-bond acceptors (Lipinski definition) is 0. The minimum atomic E-state index is 0.862. The fourth-order valence-electron chi connectivity index (χ4n) is 2.34. The summed E-state index contributed by atoms with van der Waals surface area (Å²) in [6.45, 7) is 4.67. The predicted molar refractivity (Wildman–Crippen MR) is 48.4 cm³/mol. The van der Waals surface area contributed by atoms with Gasteiger partial charge in [-0.1, -0.05) is 25.5 Å². The second-order valence-electron chi connectivity index (χ2n) is 4.26. The van der Waals surface area contributed by atoms with Crippen LogP contribution in [0.15, 0.2) is 11.6 Å². The van der Waals surface area contributed by atoms with Crippen LogP contribution in [0.4, 0.5) is 0 Å². The first-order valence-corrected chi connectivity index (χ1v) is 5.02. The summed E-state index contributed by atoms with van der Waals surface area (Å²) >= 11 is 0. The molecule has 0 aromatic rings. The molecule has 0 aliphatic heterocycles. The van der Waals surface area contributed by atoms with Gasteiger partial charge in [-0.25, -0.2) is 0 Å². The van der Waals surface area contributed by atoms with Crippen LogP contribution in [0.3, 0.4) is 0 Å². The van der Waals surface area contributed by atoms with Crippen LogP contribution < -0.4 is 0 Å². The van der Waals surface area contributed by atoms with Crippen LogP contribution in [-0.2, 0) is 0 Å². The Balaban J connectivity index is 2.00. The van der Waals surface area contributed by atoms with E-state index in [2.05, 4.69) is 19.9 Å². The Kier molecular flexibility index (Phi) is 1.78. The van der Waals surface area contributed by atoms with Crippen LogP contribution in [0.1, 0.15) is 39.5 Å². The Morgan fingerprint density at radius 2 is 2.36 bits per heavy atom. The summed E-state index contributed by atoms with van der Waals surface area (Å²) in [4.78, 5) is 0. The van der Waals surface area contributed by atoms with E-state index in [0.29, 0.717) is 0 Å². The molecule has 0 bridgehead atoms. The molecule has 1 unspecified atom stereocenters. The molecule has 0 aromatic carbocycles. The second-order valence-corrected chi connectivity index (χ2v) is 4.26. The molecule has 0 amide bonds. The molecule has 2 aliphatic rings. The molecule has 2 aliphatic carbocycles. The van der Waals surface area contributed by atoms with E-state index in [1.807, 2.05) is 0 Å². The topological polar surface area (TPSA) is 0 Å². The molecule has 0 N–H and O–H groups in total. The number of allylic oxidation sites excluding steroid dienone is 2. The van der Waals surface area contributed by atoms with Gasteiger partial charge in [-0.15, -0.1) is 0 Å². The fourth-order valence-corrected chi connectivity index (χ4v) is 2.34. The van der Waals surface area contributed by atoms with Gasteiger partial charge in [0.15, 0.2) is 0 Å². The van der Waals surface area contributed by atoms with Crippen molar-refractivity contribution in [2.75, 3.05) is 0 Å². The minimum absolute atomic E-state index is 0.862. The molecule has 3 atom stereocenters. The zero-order valence-electron chi connectivity index (χ0n) is 7.64. The number of rotatable bonds is 2. The van der Waals surface area contributed by atoms with Crippen molar-refractivity contribution < 1.29 is 0 Å². The van der Waals surface area contributed by atoms with Gasteiger partial charge in [0.25, 0.3) is 0 Å². The van der Waals surface area contributed by atoms with Crippen molar-refractivity contribution in [1.82, 2.24) is 0 Å². The first kappa shape index (κ1) is 7.39. The fraction of sp³-hybridized carbons (Fsp3) is 0.818. The van der Waals surface area contributed by atoms with Gasteiger partial charge in [-0.05, 0) is 43.4 Å². The summed E-state index contributed by atoms with van der Waals surface area (Å²) in [5.41, 5.74) is 1.76. The van der Waals surface area contributed by atoms with Gasteiger partial charge in [0.05, 0.1) is 0 Å². The van der Waals surface area contributed by atoms with Gasteiger partial charge in [-0.2, -0.15) is 0 Å². The van der Waals surface area contributed by atoms with E-state index in [9.17, 15) is 0 Å². The average molecular weight is 150 g/mol. The summed E-state index contributed by atoms with van der Waals surface area (Å²) in [6.07, 6.45) is 8.30. The molecule has 0 heteroatoms. The number of hydrogen-bond donors (Lipinski definition) is 0. The molecule has 2 rings (SSSR count). The van der Waals surface area contributed by atoms with E-state index in [0.717, 1.165) is 17.8 Å². The molecule has 0 aromatic heterocycles. The minimum Gasteiger partial charge on any atom is -0.0816 e. The highest BCUT2D eigenvalue weighted by Crippen LogP contribution is 2.47. The van der Waals surface area contributed by atoms with Gasteiger partial charge in [-0.3, -0.25) is 0 Å². The van der Waals surface area contributed by atoms with Crippen molar-refractivity contribution in [1.29, 1.82) is 0 Å². The van der Waals surface area contributed by atoms with E-state index in [1.54, 1.807) is 5.57 Å². The smallest absolute Gasteiger partial charge is 0.0199 e. The third-order valence-electron chi connectivity index (χ3n) is 3.65. The first-order chi connectivity index (χ1) is 5.31. The van der Waals surface area contributed by atoms with Crippen molar-refractivity contribution >= 4 is 0 Å². The quantitative estimate of drug-likeness (QED) is 0.529. The normalized spacial score (nSPS) is 37.5. The standard InChI is InChI=1S/C11H18/c1-3-8(2)11-6-9-4-5-10(9)7-11/h6,8-10H,3-5,7H2,1-2H3/t8?,9-,10-/m0/s1. The van der Waals surface area contributed by atoms with Gasteiger partial charge >= 0.3 is 0 Å². The van der Waals surface area contributed by atoms with Crippen LogP contribution in [0, 0.1) is 17.8 Å². The predicted octanol–water partition coefficient (Wildman–Crippen LogP) is 3.39. The molecular weight excluding hydrogens is 132 g/mol. The zero-order valence-corrected chi connectivity index (χ0v) is 7.64. The molecule has 0 nitrogen and oxygen atoms in total. The summed E-state index contributed by atoms with van der Waals surface area (Å²) in [5.74, 6) is 2.93. The summed E-state index contributed by atoms with van der Waals surface area (Å²) < 4.78 is 0. The first-order valence-electron chi connectivity index (χ1n) is 5.02. The molecule has 62 valence electrons. The molecule has 0 heterocycles. The van der Waals surface area contributed by atoms with Crippen LogP contribution in [0.5, 0.6) is 0 Å². The maximum Gasteiger partial charge on any atom is -0.0199 e. The third-order valence-corrected chi connectivity index (χ3v) is 3.65. The Morgan fingerprint density at radius 3 is 2.73 bits per heavy atom. The largest absolute Gasteiger partial charge is 0.0816 e. The molecule has 11 heavy (non-hydrogen) atoms. The van der Waals surface area contributed by atoms with Crippen molar-refractivity contribution in [3.05, 3.63) is 11.6 Å². The van der Waals surface area contributed by atoms with Crippen LogP contribution in [0.2, 0.25) is 0 Å². The lowest BCUT2D eigenvalue weighted by molar-refractivity contribution is 0.246. The van der Waals surface area contributed by atoms with E-state index >= 15 is 0 Å². The van der Waals surface area contributed by atoms with Crippen molar-refractivity contribution in [3.8, 4) is 0 Å². The van der Waals surface area contributed by atoms with Crippen molar-refractivity contribution in [2.24, 2.45) is 17.8 Å². The summed E-state index contributed by atoms with van der Waals surface area (Å²) in [5, 5.41) is 0. The lowest BCUT2D eigenvalue weighted by Crippen LogP contribution is -2.19. The zero-order chi connectivity index (χ0) is 7.84. The van der Waals surface area contributed by atoms with Crippen molar-refractivity contribution in [3.63, 3.8) is 0 Å². The maximum absolute atomic E-state index is 2.57. The Labute approximate surface area is 69.7 Å². The number of fused-ring (bicyclic) bond motifs is 1. The van der Waals surface area contributed by atoms with E-state index in [1.165, 1.54) is 25.7 Å². The third kappa shape index (κ3) is 1.13. The lowest BCUT2D eigenvalue weighted by Gasteiger charge is -2.29. The molecule has 1 saturated carbocycles. The molecule has 1 fully saturated rings. The van der Waals surface area contributed by atoms with Crippen LogP contribution in [-0.4, -0.2) is 0 Å². The van der Waals surface area contributed by atoms with Crippen molar-refractivity contribution in [2.45, 2.75) is 39.5 Å². The van der Waals surface area contributed by atoms with Gasteiger partial charge < -0.3 is 0 Å². The van der Waals surface area contributed by atoms with Gasteiger partial charge in [0.1, 0.15) is 0 Å².